The lowest BCUT2D eigenvalue weighted by Crippen LogP contribution is -2.34. The highest BCUT2D eigenvalue weighted by atomic mass is 16.6. The molecule has 3 heterocycles. The molecule has 29 heavy (non-hydrogen) atoms. The summed E-state index contributed by atoms with van der Waals surface area (Å²) >= 11 is 0. The lowest BCUT2D eigenvalue weighted by atomic mass is 10.0. The third-order valence-corrected chi connectivity index (χ3v) is 4.40. The predicted octanol–water partition coefficient (Wildman–Crippen LogP) is 1.26. The molecule has 154 valence electrons. The van der Waals surface area contributed by atoms with Crippen molar-refractivity contribution in [3.05, 3.63) is 23.1 Å². The van der Waals surface area contributed by atoms with E-state index in [0.29, 0.717) is 11.2 Å². The van der Waals surface area contributed by atoms with Crippen molar-refractivity contribution >= 4 is 28.9 Å². The number of esters is 2. The average Bonchev–Trinajstić information content (AvgIpc) is 3.23. The largest absolute Gasteiger partial charge is 0.466 e. The zero-order valence-electron chi connectivity index (χ0n) is 15.8. The van der Waals surface area contributed by atoms with Gasteiger partial charge in [-0.1, -0.05) is 5.11 Å². The molecule has 0 unspecified atom stereocenters. The van der Waals surface area contributed by atoms with Gasteiger partial charge in [0.05, 0.1) is 19.0 Å². The molecule has 13 heteroatoms. The van der Waals surface area contributed by atoms with Crippen LogP contribution in [-0.4, -0.2) is 56.3 Å². The highest BCUT2D eigenvalue weighted by Crippen LogP contribution is 2.37. The van der Waals surface area contributed by atoms with Crippen LogP contribution in [-0.2, 0) is 23.8 Å². The molecule has 2 aromatic rings. The summed E-state index contributed by atoms with van der Waals surface area (Å²) in [6, 6.07) is -0.861. The van der Waals surface area contributed by atoms with E-state index >= 15 is 0 Å². The smallest absolute Gasteiger partial charge is 0.305 e. The van der Waals surface area contributed by atoms with Crippen LogP contribution in [0.5, 0.6) is 0 Å². The Hall–Kier alpha value is -3.44. The van der Waals surface area contributed by atoms with Crippen LogP contribution in [0, 0.1) is 0 Å². The molecule has 1 fully saturated rings. The van der Waals surface area contributed by atoms with Crippen molar-refractivity contribution in [2.24, 2.45) is 5.11 Å². The van der Waals surface area contributed by atoms with Gasteiger partial charge in [-0.05, 0) is 18.9 Å². The number of fused-ring (bicyclic) bond motifs is 1. The van der Waals surface area contributed by atoms with Gasteiger partial charge in [-0.2, -0.15) is 0 Å². The normalized spacial score (nSPS) is 23.5. The van der Waals surface area contributed by atoms with Crippen molar-refractivity contribution in [3.8, 4) is 0 Å². The first-order valence-electron chi connectivity index (χ1n) is 8.91. The highest BCUT2D eigenvalue weighted by Gasteiger charge is 2.48. The molecule has 0 spiro atoms. The van der Waals surface area contributed by atoms with Gasteiger partial charge in [-0.15, -0.1) is 0 Å². The standard InChI is InChI=1S/C16H20N8O5/c1-3-27-10(26)5-4-9-11(22-23-18)13(28-8(2)25)16(29-9)24-7-21-12-14(17)19-6-20-15(12)24/h6-7,9,11,13,16H,3-5H2,1-2H3,(H2,17,19,20)/t9-,11-,13-,16-/m1/s1. The molecule has 0 amide bonds. The molecule has 4 atom stereocenters. The number of carbonyl (C=O) groups is 2. The lowest BCUT2D eigenvalue weighted by Gasteiger charge is -2.21. The molecule has 0 bridgehead atoms. The van der Waals surface area contributed by atoms with Gasteiger partial charge in [-0.25, -0.2) is 15.0 Å². The average molecular weight is 404 g/mol. The number of nitrogens with zero attached hydrogens (tertiary/aromatic N) is 7. The highest BCUT2D eigenvalue weighted by molar-refractivity contribution is 5.81. The van der Waals surface area contributed by atoms with E-state index in [2.05, 4.69) is 25.0 Å². The molecular formula is C16H20N8O5. The Morgan fingerprint density at radius 2 is 2.21 bits per heavy atom. The van der Waals surface area contributed by atoms with Crippen LogP contribution in [0.2, 0.25) is 0 Å². The second-order valence-electron chi connectivity index (χ2n) is 6.26. The Morgan fingerprint density at radius 3 is 2.90 bits per heavy atom. The summed E-state index contributed by atoms with van der Waals surface area (Å²) in [5, 5.41) is 3.76. The molecular weight excluding hydrogens is 384 g/mol. The Balaban J connectivity index is 1.95. The minimum absolute atomic E-state index is 0.0509. The SMILES string of the molecule is CCOC(=O)CC[C@H]1O[C@@H](n2cnc3c(N)ncnc32)[C@H](OC(C)=O)[C@@H]1N=[N+]=[N-]. The van der Waals surface area contributed by atoms with Gasteiger partial charge in [0.1, 0.15) is 17.9 Å². The molecule has 0 aromatic carbocycles. The van der Waals surface area contributed by atoms with Gasteiger partial charge >= 0.3 is 11.9 Å². The lowest BCUT2D eigenvalue weighted by molar-refractivity contribution is -0.152. The molecule has 0 aliphatic carbocycles. The molecule has 2 aromatic heterocycles. The molecule has 1 aliphatic heterocycles. The van der Waals surface area contributed by atoms with Crippen molar-refractivity contribution < 1.29 is 23.8 Å². The molecule has 3 rings (SSSR count). The maximum atomic E-state index is 11.7. The zero-order chi connectivity index (χ0) is 21.0. The Morgan fingerprint density at radius 1 is 1.41 bits per heavy atom. The van der Waals surface area contributed by atoms with E-state index < -0.39 is 36.4 Å². The fourth-order valence-corrected chi connectivity index (χ4v) is 3.25. The quantitative estimate of drug-likeness (QED) is 0.307. The first-order chi connectivity index (χ1) is 14.0. The topological polar surface area (TPSA) is 180 Å². The van der Waals surface area contributed by atoms with Crippen LogP contribution in [0.25, 0.3) is 21.6 Å². The minimum atomic E-state index is -0.954. The summed E-state index contributed by atoms with van der Waals surface area (Å²) < 4.78 is 17.9. The molecule has 1 aliphatic rings. The van der Waals surface area contributed by atoms with Gasteiger partial charge in [0.15, 0.2) is 23.8 Å². The number of azide groups is 1. The second kappa shape index (κ2) is 8.71. The Bertz CT molecular complexity index is 956. The monoisotopic (exact) mass is 404 g/mol. The van der Waals surface area contributed by atoms with E-state index in [1.807, 2.05) is 0 Å². The number of carbonyl (C=O) groups excluding carboxylic acids is 2. The summed E-state index contributed by atoms with van der Waals surface area (Å²) in [5.41, 5.74) is 15.5. The Labute approximate surface area is 164 Å². The van der Waals surface area contributed by atoms with Crippen LogP contribution in [0.1, 0.15) is 32.9 Å². The van der Waals surface area contributed by atoms with Crippen LogP contribution in [0.15, 0.2) is 17.8 Å². The number of anilines is 1. The third kappa shape index (κ3) is 4.20. The zero-order valence-corrected chi connectivity index (χ0v) is 15.8. The molecule has 0 radical (unpaired) electrons. The summed E-state index contributed by atoms with van der Waals surface area (Å²) in [6.07, 6.45) is 0.425. The maximum absolute atomic E-state index is 11.7. The first-order valence-corrected chi connectivity index (χ1v) is 8.91. The van der Waals surface area contributed by atoms with Crippen molar-refractivity contribution in [1.82, 2.24) is 19.5 Å². The predicted molar refractivity (Wildman–Crippen MR) is 98.0 cm³/mol. The van der Waals surface area contributed by atoms with E-state index in [4.69, 9.17) is 25.5 Å². The summed E-state index contributed by atoms with van der Waals surface area (Å²) in [4.78, 5) is 38.5. The van der Waals surface area contributed by atoms with Crippen LogP contribution < -0.4 is 5.73 Å². The number of imidazole rings is 1. The third-order valence-electron chi connectivity index (χ3n) is 4.40. The summed E-state index contributed by atoms with van der Waals surface area (Å²) in [5.74, 6) is -0.801. The molecule has 2 N–H and O–H groups in total. The van der Waals surface area contributed by atoms with E-state index in [9.17, 15) is 9.59 Å². The summed E-state index contributed by atoms with van der Waals surface area (Å²) in [6.45, 7) is 3.20. The second-order valence-corrected chi connectivity index (χ2v) is 6.26. The van der Waals surface area contributed by atoms with Crippen molar-refractivity contribution in [3.63, 3.8) is 0 Å². The number of rotatable bonds is 7. The fraction of sp³-hybridized carbons (Fsp3) is 0.562. The van der Waals surface area contributed by atoms with Gasteiger partial charge in [0.25, 0.3) is 0 Å². The molecule has 0 saturated carbocycles. The van der Waals surface area contributed by atoms with Crippen LogP contribution in [0.3, 0.4) is 0 Å². The van der Waals surface area contributed by atoms with Gasteiger partial charge in [0, 0.05) is 18.3 Å². The maximum Gasteiger partial charge on any atom is 0.305 e. The molecule has 1 saturated heterocycles. The van der Waals surface area contributed by atoms with Crippen molar-refractivity contribution in [2.45, 2.75) is 51.2 Å². The number of hydrogen-bond donors (Lipinski definition) is 1. The summed E-state index contributed by atoms with van der Waals surface area (Å²) in [7, 11) is 0. The number of nitrogen functional groups attached to an aromatic ring is 1. The van der Waals surface area contributed by atoms with E-state index in [0.717, 1.165) is 0 Å². The van der Waals surface area contributed by atoms with E-state index in [1.54, 1.807) is 6.92 Å². The van der Waals surface area contributed by atoms with Crippen molar-refractivity contribution in [1.29, 1.82) is 0 Å². The number of aromatic nitrogens is 4. The van der Waals surface area contributed by atoms with Gasteiger partial charge < -0.3 is 19.9 Å². The number of nitrogens with two attached hydrogens (primary N) is 1. The van der Waals surface area contributed by atoms with E-state index in [-0.39, 0.29) is 25.3 Å². The number of ether oxygens (including phenoxy) is 3. The van der Waals surface area contributed by atoms with Crippen molar-refractivity contribution in [2.75, 3.05) is 12.3 Å². The minimum Gasteiger partial charge on any atom is -0.466 e. The van der Waals surface area contributed by atoms with Crippen LogP contribution >= 0.6 is 0 Å². The molecule has 13 nitrogen and oxygen atoms in total. The van der Waals surface area contributed by atoms with Gasteiger partial charge in [-0.3, -0.25) is 14.2 Å². The van der Waals surface area contributed by atoms with Crippen LogP contribution in [0.4, 0.5) is 5.82 Å². The first kappa shape index (κ1) is 20.3. The number of hydrogen-bond acceptors (Lipinski definition) is 10. The van der Waals surface area contributed by atoms with Gasteiger partial charge in [0.2, 0.25) is 0 Å². The van der Waals surface area contributed by atoms with E-state index in [1.165, 1.54) is 24.1 Å². The Kier molecular flexibility index (Phi) is 6.10. The fourth-order valence-electron chi connectivity index (χ4n) is 3.25.